The van der Waals surface area contributed by atoms with Crippen molar-refractivity contribution >= 4 is 16.6 Å². The third kappa shape index (κ3) is 2.58. The maximum atomic E-state index is 11.3. The molecule has 1 aromatic rings. The summed E-state index contributed by atoms with van der Waals surface area (Å²) in [5, 5.41) is 3.27. The summed E-state index contributed by atoms with van der Waals surface area (Å²) in [5.74, 6) is 2.36. The van der Waals surface area contributed by atoms with Crippen molar-refractivity contribution in [3.63, 3.8) is 0 Å². The molecule has 0 fully saturated rings. The number of aryl methyl sites for hydroxylation is 1. The maximum Gasteiger partial charge on any atom is 0.132 e. The number of anilines is 1. The SMILES string of the molecule is CCS(=O)CCNc1ncnc2c1CCC2. The molecule has 1 heterocycles. The van der Waals surface area contributed by atoms with E-state index >= 15 is 0 Å². The van der Waals surface area contributed by atoms with Crippen molar-refractivity contribution < 1.29 is 4.21 Å². The topological polar surface area (TPSA) is 54.9 Å². The van der Waals surface area contributed by atoms with E-state index in [4.69, 9.17) is 0 Å². The van der Waals surface area contributed by atoms with Crippen molar-refractivity contribution in [3.8, 4) is 0 Å². The Bertz CT molecular complexity index is 395. The number of hydrogen-bond acceptors (Lipinski definition) is 4. The summed E-state index contributed by atoms with van der Waals surface area (Å²) in [5.41, 5.74) is 2.43. The van der Waals surface area contributed by atoms with Gasteiger partial charge in [-0.3, -0.25) is 4.21 Å². The number of rotatable bonds is 5. The van der Waals surface area contributed by atoms with E-state index in [1.807, 2.05) is 6.92 Å². The number of aromatic nitrogens is 2. The predicted octanol–water partition coefficient (Wildman–Crippen LogP) is 1.15. The molecule has 0 radical (unpaired) electrons. The van der Waals surface area contributed by atoms with Crippen LogP contribution in [0.15, 0.2) is 6.33 Å². The van der Waals surface area contributed by atoms with Gasteiger partial charge < -0.3 is 5.32 Å². The molecule has 16 heavy (non-hydrogen) atoms. The standard InChI is InChI=1S/C11H17N3OS/c1-2-16(15)7-6-12-11-9-4-3-5-10(9)13-8-14-11/h8H,2-7H2,1H3,(H,12,13,14). The molecule has 4 nitrogen and oxygen atoms in total. The number of nitrogens with one attached hydrogen (secondary N) is 1. The Morgan fingerprint density at radius 2 is 2.31 bits per heavy atom. The van der Waals surface area contributed by atoms with Gasteiger partial charge in [0.05, 0.1) is 0 Å². The molecule has 5 heteroatoms. The lowest BCUT2D eigenvalue weighted by Gasteiger charge is -2.08. The molecule has 0 spiro atoms. The van der Waals surface area contributed by atoms with Crippen LogP contribution in [-0.2, 0) is 23.6 Å². The minimum atomic E-state index is -0.705. The van der Waals surface area contributed by atoms with Gasteiger partial charge in [-0.05, 0) is 19.3 Å². The molecule has 0 amide bonds. The predicted molar refractivity (Wildman–Crippen MR) is 66.1 cm³/mol. The second-order valence-electron chi connectivity index (χ2n) is 3.86. The molecule has 0 bridgehead atoms. The highest BCUT2D eigenvalue weighted by molar-refractivity contribution is 7.84. The normalized spacial score (nSPS) is 15.8. The summed E-state index contributed by atoms with van der Waals surface area (Å²) >= 11 is 0. The monoisotopic (exact) mass is 239 g/mol. The Morgan fingerprint density at radius 3 is 3.12 bits per heavy atom. The zero-order chi connectivity index (χ0) is 11.4. The summed E-state index contributed by atoms with van der Waals surface area (Å²) in [7, 11) is -0.705. The number of fused-ring (bicyclic) bond motifs is 1. The maximum absolute atomic E-state index is 11.3. The highest BCUT2D eigenvalue weighted by atomic mass is 32.2. The second kappa shape index (κ2) is 5.39. The molecular weight excluding hydrogens is 222 g/mol. The van der Waals surface area contributed by atoms with E-state index in [1.165, 1.54) is 17.7 Å². The van der Waals surface area contributed by atoms with Crippen molar-refractivity contribution in [3.05, 3.63) is 17.6 Å². The number of hydrogen-bond donors (Lipinski definition) is 1. The summed E-state index contributed by atoms with van der Waals surface area (Å²) < 4.78 is 11.3. The van der Waals surface area contributed by atoms with Crippen molar-refractivity contribution in [2.24, 2.45) is 0 Å². The van der Waals surface area contributed by atoms with Crippen molar-refractivity contribution in [2.75, 3.05) is 23.4 Å². The Kier molecular flexibility index (Phi) is 3.88. The van der Waals surface area contributed by atoms with Gasteiger partial charge >= 0.3 is 0 Å². The quantitative estimate of drug-likeness (QED) is 0.837. The van der Waals surface area contributed by atoms with Gasteiger partial charge in [0.2, 0.25) is 0 Å². The summed E-state index contributed by atoms with van der Waals surface area (Å²) in [4.78, 5) is 8.52. The van der Waals surface area contributed by atoms with Gasteiger partial charge in [-0.2, -0.15) is 0 Å². The van der Waals surface area contributed by atoms with Gasteiger partial charge in [0.15, 0.2) is 0 Å². The molecule has 0 aliphatic heterocycles. The van der Waals surface area contributed by atoms with Crippen LogP contribution in [-0.4, -0.2) is 32.2 Å². The van der Waals surface area contributed by atoms with Crippen molar-refractivity contribution in [1.82, 2.24) is 9.97 Å². The number of nitrogens with zero attached hydrogens (tertiary/aromatic N) is 2. The van der Waals surface area contributed by atoms with Crippen LogP contribution in [0.1, 0.15) is 24.6 Å². The van der Waals surface area contributed by atoms with Crippen LogP contribution >= 0.6 is 0 Å². The fourth-order valence-electron chi connectivity index (χ4n) is 1.94. The van der Waals surface area contributed by atoms with E-state index in [0.29, 0.717) is 5.75 Å². The average Bonchev–Trinajstić information content (AvgIpc) is 2.77. The molecule has 1 aliphatic carbocycles. The van der Waals surface area contributed by atoms with Crippen molar-refractivity contribution in [1.29, 1.82) is 0 Å². The van der Waals surface area contributed by atoms with Gasteiger partial charge in [0.1, 0.15) is 12.1 Å². The molecule has 0 saturated heterocycles. The molecule has 88 valence electrons. The van der Waals surface area contributed by atoms with E-state index in [0.717, 1.165) is 31.0 Å². The van der Waals surface area contributed by atoms with Gasteiger partial charge in [-0.15, -0.1) is 0 Å². The van der Waals surface area contributed by atoms with E-state index in [-0.39, 0.29) is 0 Å². The largest absolute Gasteiger partial charge is 0.369 e. The molecule has 1 aromatic heterocycles. The minimum absolute atomic E-state index is 0.690. The Hall–Kier alpha value is -0.970. The molecule has 0 aromatic carbocycles. The molecule has 1 atom stereocenters. The highest BCUT2D eigenvalue weighted by Crippen LogP contribution is 2.24. The first-order valence-electron chi connectivity index (χ1n) is 5.73. The molecule has 1 aliphatic rings. The van der Waals surface area contributed by atoms with Crippen LogP contribution in [0.4, 0.5) is 5.82 Å². The Morgan fingerprint density at radius 1 is 1.44 bits per heavy atom. The second-order valence-corrected chi connectivity index (χ2v) is 5.73. The van der Waals surface area contributed by atoms with Gasteiger partial charge in [0, 0.05) is 40.1 Å². The van der Waals surface area contributed by atoms with Crippen LogP contribution in [0, 0.1) is 0 Å². The Labute approximate surface area is 98.3 Å². The summed E-state index contributed by atoms with van der Waals surface area (Å²) in [6.45, 7) is 2.67. The van der Waals surface area contributed by atoms with E-state index in [9.17, 15) is 4.21 Å². The van der Waals surface area contributed by atoms with Gasteiger partial charge in [0.25, 0.3) is 0 Å². The van der Waals surface area contributed by atoms with E-state index < -0.39 is 10.8 Å². The first kappa shape index (κ1) is 11.5. The van der Waals surface area contributed by atoms with Crippen LogP contribution in [0.25, 0.3) is 0 Å². The van der Waals surface area contributed by atoms with Crippen LogP contribution in [0.3, 0.4) is 0 Å². The molecule has 1 unspecified atom stereocenters. The fraction of sp³-hybridized carbons (Fsp3) is 0.636. The zero-order valence-electron chi connectivity index (χ0n) is 9.53. The van der Waals surface area contributed by atoms with Crippen LogP contribution < -0.4 is 5.32 Å². The molecule has 1 N–H and O–H groups in total. The zero-order valence-corrected chi connectivity index (χ0v) is 10.3. The minimum Gasteiger partial charge on any atom is -0.369 e. The molecular formula is C11H17N3OS. The summed E-state index contributed by atoms with van der Waals surface area (Å²) in [6, 6.07) is 0. The smallest absolute Gasteiger partial charge is 0.132 e. The Balaban J connectivity index is 1.95. The third-order valence-electron chi connectivity index (χ3n) is 2.82. The van der Waals surface area contributed by atoms with Crippen LogP contribution in [0.2, 0.25) is 0 Å². The lowest BCUT2D eigenvalue weighted by atomic mass is 10.2. The lowest BCUT2D eigenvalue weighted by molar-refractivity contribution is 0.684. The average molecular weight is 239 g/mol. The van der Waals surface area contributed by atoms with Crippen molar-refractivity contribution in [2.45, 2.75) is 26.2 Å². The highest BCUT2D eigenvalue weighted by Gasteiger charge is 2.16. The third-order valence-corrected chi connectivity index (χ3v) is 4.12. The lowest BCUT2D eigenvalue weighted by Crippen LogP contribution is -2.14. The first-order chi connectivity index (χ1) is 7.81. The molecule has 0 saturated carbocycles. The van der Waals surface area contributed by atoms with Crippen LogP contribution in [0.5, 0.6) is 0 Å². The summed E-state index contributed by atoms with van der Waals surface area (Å²) in [6.07, 6.45) is 4.91. The fourth-order valence-corrected chi connectivity index (χ4v) is 2.56. The van der Waals surface area contributed by atoms with Gasteiger partial charge in [-0.1, -0.05) is 6.92 Å². The van der Waals surface area contributed by atoms with Gasteiger partial charge in [-0.25, -0.2) is 9.97 Å². The van der Waals surface area contributed by atoms with E-state index in [2.05, 4.69) is 15.3 Å². The van der Waals surface area contributed by atoms with E-state index in [1.54, 1.807) is 6.33 Å². The molecule has 2 rings (SSSR count). The first-order valence-corrected chi connectivity index (χ1v) is 7.21.